The summed E-state index contributed by atoms with van der Waals surface area (Å²) in [6.45, 7) is 2.08. The molecule has 18 heavy (non-hydrogen) atoms. The molecular formula is C16H19NO. The van der Waals surface area contributed by atoms with Crippen LogP contribution in [0.4, 0.5) is 0 Å². The monoisotopic (exact) mass is 241 g/mol. The Bertz CT molecular complexity index is 580. The standard InChI is InChI=1S/C16H19NO/c1-12-9-10-14-15(11-12)18-16(17-14)13-7-5-3-2-4-6-8-13/h7,9-11H,2-6,8H2,1H3/b13-7+. The molecule has 0 N–H and O–H groups in total. The second kappa shape index (κ2) is 4.97. The molecule has 3 rings (SSSR count). The predicted octanol–water partition coefficient (Wildman–Crippen LogP) is 4.87. The van der Waals surface area contributed by atoms with Crippen LogP contribution < -0.4 is 0 Å². The minimum Gasteiger partial charge on any atom is -0.436 e. The van der Waals surface area contributed by atoms with Crippen LogP contribution in [0.2, 0.25) is 0 Å². The highest BCUT2D eigenvalue weighted by molar-refractivity contribution is 5.76. The van der Waals surface area contributed by atoms with Crippen LogP contribution in [0, 0.1) is 6.92 Å². The second-order valence-corrected chi connectivity index (χ2v) is 5.17. The highest BCUT2D eigenvalue weighted by Crippen LogP contribution is 2.27. The molecule has 2 aromatic rings. The normalized spacial score (nSPS) is 20.2. The van der Waals surface area contributed by atoms with Crippen molar-refractivity contribution in [1.82, 2.24) is 4.98 Å². The minimum absolute atomic E-state index is 0.831. The number of rotatable bonds is 1. The summed E-state index contributed by atoms with van der Waals surface area (Å²) in [5.74, 6) is 0.831. The van der Waals surface area contributed by atoms with E-state index in [1.54, 1.807) is 0 Å². The van der Waals surface area contributed by atoms with Crippen molar-refractivity contribution in [2.45, 2.75) is 45.4 Å². The zero-order chi connectivity index (χ0) is 12.4. The third-order valence-electron chi connectivity index (χ3n) is 3.61. The summed E-state index contributed by atoms with van der Waals surface area (Å²) < 4.78 is 5.91. The Labute approximate surface area is 108 Å². The molecule has 0 saturated heterocycles. The molecule has 0 bridgehead atoms. The molecule has 0 saturated carbocycles. The molecule has 1 aliphatic carbocycles. The Kier molecular flexibility index (Phi) is 3.18. The largest absolute Gasteiger partial charge is 0.436 e. The SMILES string of the molecule is Cc1ccc2nc(/C3=C/CCCCCC3)oc2c1. The first-order valence-electron chi connectivity index (χ1n) is 6.89. The smallest absolute Gasteiger partial charge is 0.222 e. The summed E-state index contributed by atoms with van der Waals surface area (Å²) >= 11 is 0. The van der Waals surface area contributed by atoms with Crippen LogP contribution in [0.5, 0.6) is 0 Å². The first kappa shape index (κ1) is 11.5. The first-order chi connectivity index (χ1) is 8.83. The first-order valence-corrected chi connectivity index (χ1v) is 6.89. The Morgan fingerprint density at radius 2 is 2.00 bits per heavy atom. The lowest BCUT2D eigenvalue weighted by atomic mass is 10.00. The van der Waals surface area contributed by atoms with Gasteiger partial charge in [-0.05, 0) is 50.3 Å². The van der Waals surface area contributed by atoms with Crippen LogP contribution in [-0.2, 0) is 0 Å². The maximum Gasteiger partial charge on any atom is 0.222 e. The van der Waals surface area contributed by atoms with Crippen molar-refractivity contribution in [1.29, 1.82) is 0 Å². The van der Waals surface area contributed by atoms with Crippen molar-refractivity contribution in [2.24, 2.45) is 0 Å². The summed E-state index contributed by atoms with van der Waals surface area (Å²) in [6.07, 6.45) is 9.81. The Morgan fingerprint density at radius 3 is 2.94 bits per heavy atom. The molecule has 0 radical (unpaired) electrons. The van der Waals surface area contributed by atoms with E-state index >= 15 is 0 Å². The minimum atomic E-state index is 0.831. The van der Waals surface area contributed by atoms with Crippen molar-refractivity contribution < 1.29 is 4.42 Å². The number of aryl methyl sites for hydroxylation is 1. The molecule has 1 aliphatic rings. The van der Waals surface area contributed by atoms with Crippen molar-refractivity contribution in [3.05, 3.63) is 35.7 Å². The average molecular weight is 241 g/mol. The highest BCUT2D eigenvalue weighted by atomic mass is 16.3. The third-order valence-corrected chi connectivity index (χ3v) is 3.61. The molecule has 0 atom stereocenters. The number of allylic oxidation sites excluding steroid dienone is 2. The van der Waals surface area contributed by atoms with Gasteiger partial charge in [0.1, 0.15) is 5.52 Å². The summed E-state index contributed by atoms with van der Waals surface area (Å²) in [5.41, 5.74) is 4.40. The van der Waals surface area contributed by atoms with Gasteiger partial charge in [-0.25, -0.2) is 4.98 Å². The van der Waals surface area contributed by atoms with Crippen LogP contribution in [0.25, 0.3) is 16.7 Å². The van der Waals surface area contributed by atoms with Gasteiger partial charge in [-0.1, -0.05) is 25.0 Å². The molecule has 1 aromatic heterocycles. The van der Waals surface area contributed by atoms with E-state index in [-0.39, 0.29) is 0 Å². The van der Waals surface area contributed by atoms with Gasteiger partial charge < -0.3 is 4.42 Å². The van der Waals surface area contributed by atoms with E-state index in [0.29, 0.717) is 0 Å². The number of nitrogens with zero attached hydrogens (tertiary/aromatic N) is 1. The second-order valence-electron chi connectivity index (χ2n) is 5.17. The van der Waals surface area contributed by atoms with Crippen LogP contribution in [0.3, 0.4) is 0 Å². The van der Waals surface area contributed by atoms with Crippen molar-refractivity contribution in [3.8, 4) is 0 Å². The molecule has 0 spiro atoms. The summed E-state index contributed by atoms with van der Waals surface area (Å²) in [7, 11) is 0. The molecule has 1 heterocycles. The van der Waals surface area contributed by atoms with E-state index in [2.05, 4.69) is 30.1 Å². The molecule has 0 amide bonds. The number of fused-ring (bicyclic) bond motifs is 1. The topological polar surface area (TPSA) is 26.0 Å². The fourth-order valence-corrected chi connectivity index (χ4v) is 2.56. The Hall–Kier alpha value is -1.57. The molecule has 0 aliphatic heterocycles. The van der Waals surface area contributed by atoms with Gasteiger partial charge in [0.05, 0.1) is 0 Å². The molecule has 94 valence electrons. The van der Waals surface area contributed by atoms with Crippen LogP contribution in [0.1, 0.15) is 50.0 Å². The van der Waals surface area contributed by atoms with E-state index in [1.807, 2.05) is 6.07 Å². The van der Waals surface area contributed by atoms with Crippen molar-refractivity contribution in [3.63, 3.8) is 0 Å². The van der Waals surface area contributed by atoms with E-state index in [1.165, 1.54) is 36.8 Å². The van der Waals surface area contributed by atoms with Crippen LogP contribution >= 0.6 is 0 Å². The zero-order valence-corrected chi connectivity index (χ0v) is 10.9. The number of hydrogen-bond donors (Lipinski definition) is 0. The zero-order valence-electron chi connectivity index (χ0n) is 10.9. The van der Waals surface area contributed by atoms with Crippen molar-refractivity contribution >= 4 is 16.7 Å². The molecular weight excluding hydrogens is 222 g/mol. The summed E-state index contributed by atoms with van der Waals surface area (Å²) in [4.78, 5) is 4.61. The highest BCUT2D eigenvalue weighted by Gasteiger charge is 2.11. The Balaban J connectivity index is 1.97. The Morgan fingerprint density at radius 1 is 1.11 bits per heavy atom. The number of aromatic nitrogens is 1. The molecule has 0 unspecified atom stereocenters. The third kappa shape index (κ3) is 2.33. The fourth-order valence-electron chi connectivity index (χ4n) is 2.56. The van der Waals surface area contributed by atoms with Crippen molar-refractivity contribution in [2.75, 3.05) is 0 Å². The van der Waals surface area contributed by atoms with Crippen LogP contribution in [-0.4, -0.2) is 4.98 Å². The van der Waals surface area contributed by atoms with Gasteiger partial charge in [0.15, 0.2) is 5.58 Å². The van der Waals surface area contributed by atoms with E-state index in [0.717, 1.165) is 29.8 Å². The lowest BCUT2D eigenvalue weighted by Gasteiger charge is -2.07. The number of benzene rings is 1. The molecule has 2 heteroatoms. The van der Waals surface area contributed by atoms with E-state index in [9.17, 15) is 0 Å². The van der Waals surface area contributed by atoms with Gasteiger partial charge in [0.25, 0.3) is 0 Å². The van der Waals surface area contributed by atoms with E-state index in [4.69, 9.17) is 4.42 Å². The summed E-state index contributed by atoms with van der Waals surface area (Å²) in [5, 5.41) is 0. The van der Waals surface area contributed by atoms with Gasteiger partial charge in [0.2, 0.25) is 5.89 Å². The van der Waals surface area contributed by atoms with E-state index < -0.39 is 0 Å². The average Bonchev–Trinajstić information content (AvgIpc) is 2.71. The lowest BCUT2D eigenvalue weighted by Crippen LogP contribution is -1.90. The van der Waals surface area contributed by atoms with Gasteiger partial charge in [-0.15, -0.1) is 0 Å². The quantitative estimate of drug-likeness (QED) is 0.711. The molecule has 2 nitrogen and oxygen atoms in total. The van der Waals surface area contributed by atoms with Crippen LogP contribution in [0.15, 0.2) is 28.7 Å². The summed E-state index contributed by atoms with van der Waals surface area (Å²) in [6, 6.07) is 6.19. The van der Waals surface area contributed by atoms with Gasteiger partial charge in [0, 0.05) is 5.57 Å². The number of oxazole rings is 1. The lowest BCUT2D eigenvalue weighted by molar-refractivity contribution is 0.570. The molecule has 1 aromatic carbocycles. The maximum absolute atomic E-state index is 5.91. The van der Waals surface area contributed by atoms with Gasteiger partial charge in [-0.2, -0.15) is 0 Å². The maximum atomic E-state index is 5.91. The van der Waals surface area contributed by atoms with Gasteiger partial charge in [-0.3, -0.25) is 0 Å². The van der Waals surface area contributed by atoms with Gasteiger partial charge >= 0.3 is 0 Å². The predicted molar refractivity (Wildman–Crippen MR) is 74.4 cm³/mol. The molecule has 0 fully saturated rings. The fraction of sp³-hybridized carbons (Fsp3) is 0.438. The number of hydrogen-bond acceptors (Lipinski definition) is 2.